The molecule has 6 heteroatoms. The highest BCUT2D eigenvalue weighted by Crippen LogP contribution is 2.29. The van der Waals surface area contributed by atoms with Gasteiger partial charge >= 0.3 is 0 Å². The lowest BCUT2D eigenvalue weighted by molar-refractivity contribution is 0.433. The van der Waals surface area contributed by atoms with E-state index in [4.69, 9.17) is 5.73 Å². The molecular weight excluding hydrogens is 254 g/mol. The largest absolute Gasteiger partial charge is 0.320 e. The van der Waals surface area contributed by atoms with Crippen molar-refractivity contribution in [2.45, 2.75) is 6.04 Å². The summed E-state index contributed by atoms with van der Waals surface area (Å²) < 4.78 is 52.8. The number of thiophene rings is 1. The van der Waals surface area contributed by atoms with Crippen molar-refractivity contribution >= 4 is 11.3 Å². The summed E-state index contributed by atoms with van der Waals surface area (Å²) in [5.41, 5.74) is 5.20. The predicted octanol–water partition coefficient (Wildman–Crippen LogP) is 3.35. The van der Waals surface area contributed by atoms with Gasteiger partial charge < -0.3 is 5.73 Å². The van der Waals surface area contributed by atoms with E-state index in [9.17, 15) is 17.6 Å². The number of rotatable bonds is 2. The fraction of sp³-hybridized carbons (Fsp3) is 0.0909. The Bertz CT molecular complexity index is 513. The summed E-state index contributed by atoms with van der Waals surface area (Å²) in [5, 5.41) is 3.22. The molecular formula is C11H7F4NS. The van der Waals surface area contributed by atoms with Gasteiger partial charge in [-0.05, 0) is 22.4 Å². The smallest absolute Gasteiger partial charge is 0.167 e. The average molecular weight is 261 g/mol. The fourth-order valence-electron chi connectivity index (χ4n) is 1.48. The highest BCUT2D eigenvalue weighted by molar-refractivity contribution is 7.08. The summed E-state index contributed by atoms with van der Waals surface area (Å²) in [5.74, 6) is -5.82. The maximum absolute atomic E-state index is 13.4. The van der Waals surface area contributed by atoms with Crippen LogP contribution < -0.4 is 5.73 Å². The Morgan fingerprint density at radius 1 is 1.06 bits per heavy atom. The van der Waals surface area contributed by atoms with Crippen molar-refractivity contribution in [1.82, 2.24) is 0 Å². The van der Waals surface area contributed by atoms with Gasteiger partial charge in [-0.1, -0.05) is 0 Å². The first-order chi connectivity index (χ1) is 8.02. The van der Waals surface area contributed by atoms with E-state index in [0.717, 1.165) is 0 Å². The van der Waals surface area contributed by atoms with Gasteiger partial charge in [0, 0.05) is 6.07 Å². The minimum absolute atomic E-state index is 0.161. The Morgan fingerprint density at radius 2 is 1.65 bits per heavy atom. The van der Waals surface area contributed by atoms with Crippen LogP contribution in [0.4, 0.5) is 17.6 Å². The lowest BCUT2D eigenvalue weighted by atomic mass is 10.0. The molecule has 0 saturated heterocycles. The topological polar surface area (TPSA) is 26.0 Å². The SMILES string of the molecule is N[C@@H](c1ccsc1)c1c(F)c(F)cc(F)c1F. The molecule has 0 aliphatic carbocycles. The van der Waals surface area contributed by atoms with Crippen molar-refractivity contribution in [3.05, 3.63) is 57.3 Å². The van der Waals surface area contributed by atoms with Gasteiger partial charge in [-0.25, -0.2) is 17.6 Å². The Labute approximate surface area is 98.5 Å². The first-order valence-electron chi connectivity index (χ1n) is 4.63. The Hall–Kier alpha value is -1.40. The van der Waals surface area contributed by atoms with Crippen molar-refractivity contribution in [1.29, 1.82) is 0 Å². The number of halogens is 4. The van der Waals surface area contributed by atoms with Crippen molar-refractivity contribution in [3.8, 4) is 0 Å². The molecule has 1 atom stereocenters. The lowest BCUT2D eigenvalue weighted by Crippen LogP contribution is -2.17. The predicted molar refractivity (Wildman–Crippen MR) is 56.6 cm³/mol. The van der Waals surface area contributed by atoms with E-state index in [2.05, 4.69) is 0 Å². The first kappa shape index (κ1) is 12.1. The third-order valence-corrected chi connectivity index (χ3v) is 3.06. The molecule has 0 amide bonds. The van der Waals surface area contributed by atoms with E-state index in [0.29, 0.717) is 5.56 Å². The van der Waals surface area contributed by atoms with Crippen LogP contribution in [0.15, 0.2) is 22.9 Å². The second-order valence-corrected chi connectivity index (χ2v) is 4.20. The number of hydrogen-bond acceptors (Lipinski definition) is 2. The summed E-state index contributed by atoms with van der Waals surface area (Å²) in [6, 6.07) is 0.470. The average Bonchev–Trinajstić information content (AvgIpc) is 2.80. The van der Waals surface area contributed by atoms with Gasteiger partial charge in [-0.15, -0.1) is 0 Å². The van der Waals surface area contributed by atoms with Gasteiger partial charge in [0.1, 0.15) is 0 Å². The highest BCUT2D eigenvalue weighted by atomic mass is 32.1. The zero-order valence-corrected chi connectivity index (χ0v) is 9.20. The van der Waals surface area contributed by atoms with Crippen LogP contribution in [0.1, 0.15) is 17.2 Å². The second-order valence-electron chi connectivity index (χ2n) is 3.42. The standard InChI is InChI=1S/C11H7F4NS/c12-6-3-7(13)10(15)8(9(6)14)11(16)5-1-2-17-4-5/h1-4,11H,16H2/t11-/m0/s1. The van der Waals surface area contributed by atoms with Gasteiger partial charge in [-0.3, -0.25) is 0 Å². The molecule has 0 radical (unpaired) electrons. The van der Waals surface area contributed by atoms with Crippen LogP contribution in [0.3, 0.4) is 0 Å². The Morgan fingerprint density at radius 3 is 2.12 bits per heavy atom. The molecule has 1 heterocycles. The molecule has 2 rings (SSSR count). The zero-order chi connectivity index (χ0) is 12.6. The van der Waals surface area contributed by atoms with Gasteiger partial charge in [0.2, 0.25) is 0 Å². The van der Waals surface area contributed by atoms with Gasteiger partial charge in [0.25, 0.3) is 0 Å². The van der Waals surface area contributed by atoms with Gasteiger partial charge in [0.05, 0.1) is 11.6 Å². The minimum Gasteiger partial charge on any atom is -0.320 e. The molecule has 0 aliphatic rings. The molecule has 17 heavy (non-hydrogen) atoms. The van der Waals surface area contributed by atoms with Crippen molar-refractivity contribution in [2.24, 2.45) is 5.73 Å². The third-order valence-electron chi connectivity index (χ3n) is 2.36. The fourth-order valence-corrected chi connectivity index (χ4v) is 2.18. The molecule has 0 bridgehead atoms. The molecule has 90 valence electrons. The van der Waals surface area contributed by atoms with E-state index >= 15 is 0 Å². The van der Waals surface area contributed by atoms with E-state index in [-0.39, 0.29) is 6.07 Å². The monoisotopic (exact) mass is 261 g/mol. The molecule has 2 N–H and O–H groups in total. The molecule has 2 aromatic rings. The van der Waals surface area contributed by atoms with Crippen molar-refractivity contribution < 1.29 is 17.6 Å². The lowest BCUT2D eigenvalue weighted by Gasteiger charge is -2.13. The summed E-state index contributed by atoms with van der Waals surface area (Å²) in [4.78, 5) is 0. The Kier molecular flexibility index (Phi) is 3.17. The molecule has 0 fully saturated rings. The minimum atomic E-state index is -1.46. The maximum Gasteiger partial charge on any atom is 0.167 e. The third kappa shape index (κ3) is 2.05. The van der Waals surface area contributed by atoms with Crippen LogP contribution in [0, 0.1) is 23.3 Å². The van der Waals surface area contributed by atoms with E-state index in [1.54, 1.807) is 10.8 Å². The summed E-state index contributed by atoms with van der Waals surface area (Å²) in [6.07, 6.45) is 0. The molecule has 0 spiro atoms. The van der Waals surface area contributed by atoms with Gasteiger partial charge in [0.15, 0.2) is 23.3 Å². The molecule has 0 aliphatic heterocycles. The van der Waals surface area contributed by atoms with Crippen molar-refractivity contribution in [3.63, 3.8) is 0 Å². The number of nitrogens with two attached hydrogens (primary N) is 1. The van der Waals surface area contributed by atoms with E-state index in [1.807, 2.05) is 0 Å². The summed E-state index contributed by atoms with van der Waals surface area (Å²) in [7, 11) is 0. The Balaban J connectivity index is 2.59. The van der Waals surface area contributed by atoms with Crippen LogP contribution in [-0.4, -0.2) is 0 Å². The molecule has 1 aromatic heterocycles. The first-order valence-corrected chi connectivity index (χ1v) is 5.57. The normalized spacial score (nSPS) is 12.8. The zero-order valence-electron chi connectivity index (χ0n) is 8.38. The van der Waals surface area contributed by atoms with Crippen LogP contribution in [-0.2, 0) is 0 Å². The van der Waals surface area contributed by atoms with Crippen LogP contribution in [0.2, 0.25) is 0 Å². The van der Waals surface area contributed by atoms with E-state index < -0.39 is 34.9 Å². The second kappa shape index (κ2) is 4.46. The summed E-state index contributed by atoms with van der Waals surface area (Å²) >= 11 is 1.27. The van der Waals surface area contributed by atoms with Gasteiger partial charge in [-0.2, -0.15) is 11.3 Å². The quantitative estimate of drug-likeness (QED) is 0.651. The molecule has 0 saturated carbocycles. The van der Waals surface area contributed by atoms with Crippen LogP contribution in [0.5, 0.6) is 0 Å². The maximum atomic E-state index is 13.4. The molecule has 1 aromatic carbocycles. The number of benzene rings is 1. The molecule has 1 nitrogen and oxygen atoms in total. The van der Waals surface area contributed by atoms with Crippen LogP contribution >= 0.6 is 11.3 Å². The number of hydrogen-bond donors (Lipinski definition) is 1. The summed E-state index contributed by atoms with van der Waals surface area (Å²) in [6.45, 7) is 0. The molecule has 0 unspecified atom stereocenters. The van der Waals surface area contributed by atoms with Crippen LogP contribution in [0.25, 0.3) is 0 Å². The van der Waals surface area contributed by atoms with Crippen molar-refractivity contribution in [2.75, 3.05) is 0 Å². The highest BCUT2D eigenvalue weighted by Gasteiger charge is 2.24. The van der Waals surface area contributed by atoms with E-state index in [1.165, 1.54) is 17.4 Å².